The fraction of sp³-hybridized carbons (Fsp3) is 0.533. The first-order valence-corrected chi connectivity index (χ1v) is 6.85. The summed E-state index contributed by atoms with van der Waals surface area (Å²) >= 11 is 5.59. The van der Waals surface area contributed by atoms with Crippen LogP contribution in [-0.4, -0.2) is 23.2 Å². The molecule has 0 aliphatic heterocycles. The van der Waals surface area contributed by atoms with E-state index in [0.29, 0.717) is 13.1 Å². The summed E-state index contributed by atoms with van der Waals surface area (Å²) in [6, 6.07) is 8.44. The number of benzene rings is 1. The van der Waals surface area contributed by atoms with E-state index >= 15 is 0 Å². The van der Waals surface area contributed by atoms with Crippen LogP contribution in [0.4, 0.5) is 0 Å². The third-order valence-electron chi connectivity index (χ3n) is 3.04. The van der Waals surface area contributed by atoms with E-state index in [1.165, 1.54) is 5.56 Å². The summed E-state index contributed by atoms with van der Waals surface area (Å²) in [5, 5.41) is 0. The Morgan fingerprint density at radius 1 is 1.22 bits per heavy atom. The summed E-state index contributed by atoms with van der Waals surface area (Å²) in [5.74, 6) is 0.0348. The molecule has 0 aliphatic carbocycles. The second-order valence-electron chi connectivity index (χ2n) is 5.49. The Hall–Kier alpha value is -1.02. The Morgan fingerprint density at radius 3 is 2.17 bits per heavy atom. The van der Waals surface area contributed by atoms with E-state index in [0.717, 1.165) is 5.56 Å². The van der Waals surface area contributed by atoms with Gasteiger partial charge in [-0.05, 0) is 23.5 Å². The lowest BCUT2D eigenvalue weighted by Crippen LogP contribution is -2.31. The van der Waals surface area contributed by atoms with Crippen molar-refractivity contribution in [1.29, 1.82) is 0 Å². The molecule has 0 saturated heterocycles. The Kier molecular flexibility index (Phi) is 5.21. The summed E-state index contributed by atoms with van der Waals surface area (Å²) < 4.78 is 0. The Labute approximate surface area is 115 Å². The number of carbonyl (C=O) groups excluding carboxylic acids is 1. The van der Waals surface area contributed by atoms with Crippen molar-refractivity contribution in [1.82, 2.24) is 4.90 Å². The molecule has 0 atom stereocenters. The molecule has 1 rings (SSSR count). The van der Waals surface area contributed by atoms with Gasteiger partial charge in [-0.3, -0.25) is 4.79 Å². The molecule has 0 radical (unpaired) electrons. The number of alkyl halides is 1. The highest BCUT2D eigenvalue weighted by Crippen LogP contribution is 2.22. The van der Waals surface area contributed by atoms with Crippen LogP contribution in [0.3, 0.4) is 0 Å². The topological polar surface area (TPSA) is 20.3 Å². The van der Waals surface area contributed by atoms with E-state index in [1.54, 1.807) is 4.90 Å². The minimum atomic E-state index is -0.0148. The molecule has 1 amide bonds. The molecule has 2 nitrogen and oxygen atoms in total. The minimum Gasteiger partial charge on any atom is -0.338 e. The van der Waals surface area contributed by atoms with Crippen LogP contribution >= 0.6 is 11.6 Å². The molecule has 0 bridgehead atoms. The summed E-state index contributed by atoms with van der Waals surface area (Å²) in [7, 11) is 0. The first kappa shape index (κ1) is 15.0. The van der Waals surface area contributed by atoms with Gasteiger partial charge >= 0.3 is 0 Å². The smallest absolute Gasteiger partial charge is 0.237 e. The molecule has 18 heavy (non-hydrogen) atoms. The molecule has 0 aromatic heterocycles. The number of amides is 1. The maximum atomic E-state index is 11.6. The number of halogens is 1. The largest absolute Gasteiger partial charge is 0.338 e. The van der Waals surface area contributed by atoms with E-state index in [9.17, 15) is 4.79 Å². The summed E-state index contributed by atoms with van der Waals surface area (Å²) in [5.41, 5.74) is 2.61. The normalized spacial score (nSPS) is 11.4. The molecule has 1 aromatic rings. The van der Waals surface area contributed by atoms with E-state index in [2.05, 4.69) is 45.0 Å². The van der Waals surface area contributed by atoms with Crippen LogP contribution in [0.2, 0.25) is 0 Å². The molecule has 0 aliphatic rings. The first-order valence-electron chi connectivity index (χ1n) is 6.31. The lowest BCUT2D eigenvalue weighted by atomic mass is 9.87. The summed E-state index contributed by atoms with van der Waals surface area (Å²) in [4.78, 5) is 13.3. The van der Waals surface area contributed by atoms with Gasteiger partial charge in [0.15, 0.2) is 0 Å². The third-order valence-corrected chi connectivity index (χ3v) is 3.27. The molecule has 0 unspecified atom stereocenters. The standard InChI is InChI=1S/C15H22ClNO/c1-5-17(14(18)10-16)11-12-6-8-13(9-7-12)15(2,3)4/h6-9H,5,10-11H2,1-4H3. The van der Waals surface area contributed by atoms with Crippen molar-refractivity contribution in [3.63, 3.8) is 0 Å². The van der Waals surface area contributed by atoms with Gasteiger partial charge in [0, 0.05) is 13.1 Å². The third kappa shape index (κ3) is 4.02. The Balaban J connectivity index is 2.77. The van der Waals surface area contributed by atoms with Crippen LogP contribution in [0.5, 0.6) is 0 Å². The highest BCUT2D eigenvalue weighted by molar-refractivity contribution is 6.27. The maximum absolute atomic E-state index is 11.6. The van der Waals surface area contributed by atoms with Crippen molar-refractivity contribution in [3.8, 4) is 0 Å². The highest BCUT2D eigenvalue weighted by Gasteiger charge is 2.14. The van der Waals surface area contributed by atoms with Gasteiger partial charge in [0.05, 0.1) is 0 Å². The van der Waals surface area contributed by atoms with Crippen LogP contribution < -0.4 is 0 Å². The lowest BCUT2D eigenvalue weighted by Gasteiger charge is -2.22. The highest BCUT2D eigenvalue weighted by atomic mass is 35.5. The molecule has 1 aromatic carbocycles. The Morgan fingerprint density at radius 2 is 1.78 bits per heavy atom. The van der Waals surface area contributed by atoms with Gasteiger partial charge < -0.3 is 4.90 Å². The maximum Gasteiger partial charge on any atom is 0.237 e. The molecule has 100 valence electrons. The predicted octanol–water partition coefficient (Wildman–Crippen LogP) is 3.57. The van der Waals surface area contributed by atoms with Gasteiger partial charge in [-0.15, -0.1) is 11.6 Å². The molecule has 0 heterocycles. The molecular formula is C15H22ClNO. The van der Waals surface area contributed by atoms with E-state index in [-0.39, 0.29) is 17.2 Å². The summed E-state index contributed by atoms with van der Waals surface area (Å²) in [6.07, 6.45) is 0. The second-order valence-corrected chi connectivity index (χ2v) is 5.76. The number of rotatable bonds is 4. The van der Waals surface area contributed by atoms with E-state index in [4.69, 9.17) is 11.6 Å². The van der Waals surface area contributed by atoms with Gasteiger partial charge in [-0.25, -0.2) is 0 Å². The van der Waals surface area contributed by atoms with Crippen molar-refractivity contribution in [2.75, 3.05) is 12.4 Å². The SMILES string of the molecule is CCN(Cc1ccc(C(C)(C)C)cc1)C(=O)CCl. The quantitative estimate of drug-likeness (QED) is 0.764. The Bertz CT molecular complexity index is 392. The number of carbonyl (C=O) groups is 1. The van der Waals surface area contributed by atoms with Crippen LogP contribution in [0, 0.1) is 0 Å². The van der Waals surface area contributed by atoms with Gasteiger partial charge in [0.1, 0.15) is 5.88 Å². The van der Waals surface area contributed by atoms with Crippen LogP contribution in [0.25, 0.3) is 0 Å². The predicted molar refractivity (Wildman–Crippen MR) is 77.0 cm³/mol. The number of nitrogens with zero attached hydrogens (tertiary/aromatic N) is 1. The number of hydrogen-bond donors (Lipinski definition) is 0. The zero-order chi connectivity index (χ0) is 13.8. The fourth-order valence-electron chi connectivity index (χ4n) is 1.79. The van der Waals surface area contributed by atoms with Gasteiger partial charge in [0.25, 0.3) is 0 Å². The molecule has 0 spiro atoms. The average molecular weight is 268 g/mol. The molecule has 0 fully saturated rings. The lowest BCUT2D eigenvalue weighted by molar-refractivity contribution is -0.128. The first-order chi connectivity index (χ1) is 8.38. The zero-order valence-corrected chi connectivity index (χ0v) is 12.4. The van der Waals surface area contributed by atoms with E-state index in [1.807, 2.05) is 6.92 Å². The summed E-state index contributed by atoms with van der Waals surface area (Å²) in [6.45, 7) is 9.86. The van der Waals surface area contributed by atoms with Crippen molar-refractivity contribution in [3.05, 3.63) is 35.4 Å². The number of hydrogen-bond acceptors (Lipinski definition) is 1. The van der Waals surface area contributed by atoms with Crippen LogP contribution in [0.1, 0.15) is 38.8 Å². The van der Waals surface area contributed by atoms with E-state index < -0.39 is 0 Å². The second kappa shape index (κ2) is 6.24. The van der Waals surface area contributed by atoms with Crippen molar-refractivity contribution >= 4 is 17.5 Å². The zero-order valence-electron chi connectivity index (χ0n) is 11.7. The average Bonchev–Trinajstić information content (AvgIpc) is 2.34. The van der Waals surface area contributed by atoms with Crippen LogP contribution in [-0.2, 0) is 16.8 Å². The molecular weight excluding hydrogens is 246 g/mol. The van der Waals surface area contributed by atoms with Gasteiger partial charge in [-0.1, -0.05) is 45.0 Å². The van der Waals surface area contributed by atoms with Crippen molar-refractivity contribution in [2.24, 2.45) is 0 Å². The van der Waals surface area contributed by atoms with Gasteiger partial charge in [0.2, 0.25) is 5.91 Å². The molecule has 0 N–H and O–H groups in total. The molecule has 3 heteroatoms. The minimum absolute atomic E-state index is 0.0148. The fourth-order valence-corrected chi connectivity index (χ4v) is 1.96. The van der Waals surface area contributed by atoms with Crippen molar-refractivity contribution < 1.29 is 4.79 Å². The van der Waals surface area contributed by atoms with Gasteiger partial charge in [-0.2, -0.15) is 0 Å². The van der Waals surface area contributed by atoms with Crippen molar-refractivity contribution in [2.45, 2.75) is 39.7 Å². The monoisotopic (exact) mass is 267 g/mol. The van der Waals surface area contributed by atoms with Crippen LogP contribution in [0.15, 0.2) is 24.3 Å². The molecule has 0 saturated carbocycles.